The van der Waals surface area contributed by atoms with Gasteiger partial charge >= 0.3 is 0 Å². The van der Waals surface area contributed by atoms with Crippen molar-refractivity contribution >= 4 is 9.84 Å². The first-order valence-electron chi connectivity index (χ1n) is 6.37. The Morgan fingerprint density at radius 3 is 2.56 bits per heavy atom. The van der Waals surface area contributed by atoms with Gasteiger partial charge in [-0.3, -0.25) is 0 Å². The molecule has 2 fully saturated rings. The summed E-state index contributed by atoms with van der Waals surface area (Å²) in [7, 11) is -2.82. The molecule has 0 aliphatic heterocycles. The van der Waals surface area contributed by atoms with Crippen LogP contribution in [0, 0.1) is 17.8 Å². The quantitative estimate of drug-likeness (QED) is 0.797. The molecule has 0 radical (unpaired) electrons. The lowest BCUT2D eigenvalue weighted by Crippen LogP contribution is -2.38. The lowest BCUT2D eigenvalue weighted by atomic mass is 9.84. The number of sulfone groups is 1. The molecule has 4 unspecified atom stereocenters. The predicted molar refractivity (Wildman–Crippen MR) is 66.1 cm³/mol. The van der Waals surface area contributed by atoms with Crippen LogP contribution >= 0.6 is 0 Å². The topological polar surface area (TPSA) is 46.2 Å². The van der Waals surface area contributed by atoms with Crippen molar-refractivity contribution in [3.05, 3.63) is 0 Å². The summed E-state index contributed by atoms with van der Waals surface area (Å²) in [5.74, 6) is 2.93. The van der Waals surface area contributed by atoms with Crippen molar-refractivity contribution in [3.8, 4) is 0 Å². The first-order chi connectivity index (χ1) is 7.46. The van der Waals surface area contributed by atoms with E-state index < -0.39 is 9.84 Å². The van der Waals surface area contributed by atoms with E-state index in [2.05, 4.69) is 12.2 Å². The summed E-state index contributed by atoms with van der Waals surface area (Å²) in [6.45, 7) is 2.82. The highest BCUT2D eigenvalue weighted by Gasteiger charge is 2.41. The van der Waals surface area contributed by atoms with E-state index in [1.54, 1.807) is 0 Å². The zero-order chi connectivity index (χ0) is 11.8. The highest BCUT2D eigenvalue weighted by molar-refractivity contribution is 7.90. The van der Waals surface area contributed by atoms with Gasteiger partial charge in [0, 0.05) is 18.8 Å². The Bertz CT molecular complexity index is 339. The maximum Gasteiger partial charge on any atom is 0.148 e. The fourth-order valence-corrected chi connectivity index (χ4v) is 4.02. The van der Waals surface area contributed by atoms with Crippen LogP contribution in [0.3, 0.4) is 0 Å². The number of hydrogen-bond donors (Lipinski definition) is 1. The Hall–Kier alpha value is -0.0900. The minimum absolute atomic E-state index is 0.262. The molecular weight excluding hydrogens is 222 g/mol. The second-order valence-corrected chi connectivity index (χ2v) is 7.97. The van der Waals surface area contributed by atoms with Gasteiger partial charge in [-0.15, -0.1) is 0 Å². The zero-order valence-corrected chi connectivity index (χ0v) is 11.1. The molecule has 2 aliphatic rings. The van der Waals surface area contributed by atoms with Gasteiger partial charge in [0.25, 0.3) is 0 Å². The molecule has 4 atom stereocenters. The van der Waals surface area contributed by atoms with Crippen molar-refractivity contribution in [3.63, 3.8) is 0 Å². The van der Waals surface area contributed by atoms with Gasteiger partial charge in [-0.25, -0.2) is 8.42 Å². The Kier molecular flexibility index (Phi) is 3.59. The summed E-state index contributed by atoms with van der Waals surface area (Å²) in [5, 5.41) is 3.39. The summed E-state index contributed by atoms with van der Waals surface area (Å²) in [6, 6.07) is 0.483. The number of rotatable bonds is 5. The maximum absolute atomic E-state index is 11.0. The second kappa shape index (κ2) is 4.65. The van der Waals surface area contributed by atoms with Gasteiger partial charge < -0.3 is 5.32 Å². The molecule has 0 aromatic rings. The lowest BCUT2D eigenvalue weighted by Gasteiger charge is -2.28. The molecule has 2 rings (SSSR count). The third-order valence-electron chi connectivity index (χ3n) is 4.37. The summed E-state index contributed by atoms with van der Waals surface area (Å²) in [6.07, 6.45) is 6.90. The summed E-state index contributed by atoms with van der Waals surface area (Å²) in [5.41, 5.74) is 0. The Morgan fingerprint density at radius 1 is 1.31 bits per heavy atom. The fourth-order valence-electron chi connectivity index (χ4n) is 3.53. The van der Waals surface area contributed by atoms with Gasteiger partial charge in [-0.1, -0.05) is 6.42 Å². The van der Waals surface area contributed by atoms with Crippen LogP contribution in [-0.4, -0.2) is 33.0 Å². The van der Waals surface area contributed by atoms with Crippen molar-refractivity contribution in [2.45, 2.75) is 38.6 Å². The monoisotopic (exact) mass is 245 g/mol. The molecule has 0 aromatic heterocycles. The molecule has 1 N–H and O–H groups in total. The molecule has 0 spiro atoms. The summed E-state index contributed by atoms with van der Waals surface area (Å²) >= 11 is 0. The zero-order valence-electron chi connectivity index (χ0n) is 10.3. The highest BCUT2D eigenvalue weighted by atomic mass is 32.2. The van der Waals surface area contributed by atoms with Crippen LogP contribution in [0.15, 0.2) is 0 Å². The fraction of sp³-hybridized carbons (Fsp3) is 1.00. The third kappa shape index (κ3) is 2.98. The largest absolute Gasteiger partial charge is 0.313 e. The van der Waals surface area contributed by atoms with Crippen LogP contribution in [0.25, 0.3) is 0 Å². The lowest BCUT2D eigenvalue weighted by molar-refractivity contribution is 0.263. The average Bonchev–Trinajstić information content (AvgIpc) is 2.76. The van der Waals surface area contributed by atoms with Crippen LogP contribution in [0.1, 0.15) is 32.6 Å². The molecule has 94 valence electrons. The van der Waals surface area contributed by atoms with E-state index in [0.29, 0.717) is 12.6 Å². The predicted octanol–water partition coefficient (Wildman–Crippen LogP) is 1.45. The SMILES string of the molecule is CC(NCCS(C)(=O)=O)C1CC2CCC1C2. The van der Waals surface area contributed by atoms with Crippen molar-refractivity contribution in [2.24, 2.45) is 17.8 Å². The van der Waals surface area contributed by atoms with Crippen molar-refractivity contribution < 1.29 is 8.42 Å². The van der Waals surface area contributed by atoms with E-state index in [9.17, 15) is 8.42 Å². The molecular formula is C12H23NO2S. The normalized spacial score (nSPS) is 35.5. The van der Waals surface area contributed by atoms with E-state index in [4.69, 9.17) is 0 Å². The number of hydrogen-bond acceptors (Lipinski definition) is 3. The van der Waals surface area contributed by atoms with Gasteiger partial charge in [0.15, 0.2) is 0 Å². The van der Waals surface area contributed by atoms with E-state index in [-0.39, 0.29) is 5.75 Å². The van der Waals surface area contributed by atoms with Crippen LogP contribution in [0.4, 0.5) is 0 Å². The summed E-state index contributed by atoms with van der Waals surface area (Å²) in [4.78, 5) is 0. The highest BCUT2D eigenvalue weighted by Crippen LogP contribution is 2.49. The van der Waals surface area contributed by atoms with Crippen LogP contribution in [-0.2, 0) is 9.84 Å². The van der Waals surface area contributed by atoms with Crippen molar-refractivity contribution in [1.82, 2.24) is 5.32 Å². The summed E-state index contributed by atoms with van der Waals surface area (Å²) < 4.78 is 22.0. The first kappa shape index (κ1) is 12.4. The van der Waals surface area contributed by atoms with Crippen molar-refractivity contribution in [2.75, 3.05) is 18.6 Å². The smallest absolute Gasteiger partial charge is 0.148 e. The van der Waals surface area contributed by atoms with E-state index in [1.165, 1.54) is 31.9 Å². The van der Waals surface area contributed by atoms with E-state index in [1.807, 2.05) is 0 Å². The molecule has 16 heavy (non-hydrogen) atoms. The molecule has 2 aliphatic carbocycles. The number of fused-ring (bicyclic) bond motifs is 2. The van der Waals surface area contributed by atoms with Crippen LogP contribution in [0.5, 0.6) is 0 Å². The minimum Gasteiger partial charge on any atom is -0.313 e. The van der Waals surface area contributed by atoms with Gasteiger partial charge in [0.05, 0.1) is 5.75 Å². The van der Waals surface area contributed by atoms with E-state index >= 15 is 0 Å². The molecule has 4 heteroatoms. The Morgan fingerprint density at radius 2 is 2.06 bits per heavy atom. The molecule has 0 amide bonds. The Labute approximate surface area is 98.9 Å². The van der Waals surface area contributed by atoms with Gasteiger partial charge in [0.1, 0.15) is 9.84 Å². The molecule has 0 aromatic carbocycles. The number of nitrogens with one attached hydrogen (secondary N) is 1. The van der Waals surface area contributed by atoms with Crippen molar-refractivity contribution in [1.29, 1.82) is 0 Å². The maximum atomic E-state index is 11.0. The van der Waals surface area contributed by atoms with Gasteiger partial charge in [0.2, 0.25) is 0 Å². The average molecular weight is 245 g/mol. The molecule has 0 saturated heterocycles. The molecule has 3 nitrogen and oxygen atoms in total. The molecule has 2 bridgehead atoms. The third-order valence-corrected chi connectivity index (χ3v) is 5.32. The van der Waals surface area contributed by atoms with Crippen LogP contribution < -0.4 is 5.32 Å². The first-order valence-corrected chi connectivity index (χ1v) is 8.43. The van der Waals surface area contributed by atoms with Gasteiger partial charge in [-0.05, 0) is 43.9 Å². The van der Waals surface area contributed by atoms with Gasteiger partial charge in [-0.2, -0.15) is 0 Å². The van der Waals surface area contributed by atoms with Crippen LogP contribution in [0.2, 0.25) is 0 Å². The second-order valence-electron chi connectivity index (χ2n) is 5.71. The molecule has 2 saturated carbocycles. The minimum atomic E-state index is -2.82. The van der Waals surface area contributed by atoms with E-state index in [0.717, 1.165) is 17.8 Å². The molecule has 0 heterocycles. The Balaban J connectivity index is 1.74. The standard InChI is InChI=1S/C12H23NO2S/c1-9(13-5-6-16(2,14)15)12-8-10-3-4-11(12)7-10/h9-13H,3-8H2,1-2H3.